The van der Waals surface area contributed by atoms with E-state index >= 15 is 0 Å². The van der Waals surface area contributed by atoms with Crippen molar-refractivity contribution < 1.29 is 0 Å². The van der Waals surface area contributed by atoms with E-state index in [1.54, 1.807) is 0 Å². The van der Waals surface area contributed by atoms with Crippen molar-refractivity contribution in [3.63, 3.8) is 0 Å². The second-order valence-electron chi connectivity index (χ2n) is 6.21. The van der Waals surface area contributed by atoms with Gasteiger partial charge in [-0.2, -0.15) is 0 Å². The molecule has 0 heterocycles. The highest BCUT2D eigenvalue weighted by molar-refractivity contribution is 9.10. The zero-order valence-corrected chi connectivity index (χ0v) is 14.9. The highest BCUT2D eigenvalue weighted by Crippen LogP contribution is 2.28. The van der Waals surface area contributed by atoms with Crippen LogP contribution in [0.1, 0.15) is 36.1 Å². The van der Waals surface area contributed by atoms with Crippen LogP contribution in [0.15, 0.2) is 40.9 Å². The molecule has 0 aliphatic rings. The Kier molecular flexibility index (Phi) is 5.46. The highest BCUT2D eigenvalue weighted by atomic mass is 79.9. The summed E-state index contributed by atoms with van der Waals surface area (Å²) in [7, 11) is 0. The van der Waals surface area contributed by atoms with Crippen molar-refractivity contribution >= 4 is 21.6 Å². The van der Waals surface area contributed by atoms with E-state index in [0.29, 0.717) is 5.92 Å². The van der Waals surface area contributed by atoms with Crippen LogP contribution >= 0.6 is 15.9 Å². The highest BCUT2D eigenvalue weighted by Gasteiger charge is 2.05. The van der Waals surface area contributed by atoms with E-state index in [-0.39, 0.29) is 0 Å². The Labute approximate surface area is 136 Å². The molecule has 1 nitrogen and oxygen atoms in total. The fraction of sp³-hybridized carbons (Fsp3) is 0.368. The minimum absolute atomic E-state index is 0.708. The van der Waals surface area contributed by atoms with Gasteiger partial charge in [0.25, 0.3) is 0 Å². The number of nitrogens with one attached hydrogen (secondary N) is 1. The maximum absolute atomic E-state index is 3.65. The topological polar surface area (TPSA) is 12.0 Å². The second kappa shape index (κ2) is 7.13. The molecule has 21 heavy (non-hydrogen) atoms. The van der Waals surface area contributed by atoms with E-state index in [1.165, 1.54) is 27.9 Å². The smallest absolute Gasteiger partial charge is 0.0517 e. The zero-order valence-electron chi connectivity index (χ0n) is 13.3. The predicted molar refractivity (Wildman–Crippen MR) is 95.9 cm³/mol. The minimum Gasteiger partial charge on any atom is -0.380 e. The molecule has 0 saturated carbocycles. The van der Waals surface area contributed by atoms with Crippen molar-refractivity contribution in [2.45, 2.75) is 40.7 Å². The Hall–Kier alpha value is -1.28. The molecule has 112 valence electrons. The molecule has 0 spiro atoms. The summed E-state index contributed by atoms with van der Waals surface area (Å²) in [4.78, 5) is 0. The van der Waals surface area contributed by atoms with Crippen molar-refractivity contribution in [1.82, 2.24) is 0 Å². The van der Waals surface area contributed by atoms with Crippen LogP contribution in [-0.4, -0.2) is 0 Å². The van der Waals surface area contributed by atoms with Gasteiger partial charge in [0.15, 0.2) is 0 Å². The van der Waals surface area contributed by atoms with Gasteiger partial charge in [-0.3, -0.25) is 0 Å². The van der Waals surface area contributed by atoms with Crippen LogP contribution in [0.2, 0.25) is 0 Å². The summed E-state index contributed by atoms with van der Waals surface area (Å²) in [5, 5.41) is 3.54. The Balaban J connectivity index is 2.03. The normalized spacial score (nSPS) is 11.0. The van der Waals surface area contributed by atoms with Gasteiger partial charge in [0.2, 0.25) is 0 Å². The summed E-state index contributed by atoms with van der Waals surface area (Å²) >= 11 is 3.65. The van der Waals surface area contributed by atoms with Gasteiger partial charge in [-0.15, -0.1) is 0 Å². The molecule has 0 aromatic heterocycles. The van der Waals surface area contributed by atoms with Crippen LogP contribution in [0.3, 0.4) is 0 Å². The summed E-state index contributed by atoms with van der Waals surface area (Å²) in [6.45, 7) is 9.63. The van der Waals surface area contributed by atoms with Gasteiger partial charge in [-0.25, -0.2) is 0 Å². The van der Waals surface area contributed by atoms with Crippen LogP contribution in [0.5, 0.6) is 0 Å². The summed E-state index contributed by atoms with van der Waals surface area (Å²) in [5.74, 6) is 0.708. The van der Waals surface area contributed by atoms with Crippen LogP contribution in [0.25, 0.3) is 0 Å². The van der Waals surface area contributed by atoms with E-state index in [0.717, 1.165) is 17.4 Å². The van der Waals surface area contributed by atoms with Crippen molar-refractivity contribution in [1.29, 1.82) is 0 Å². The first-order valence-electron chi connectivity index (χ1n) is 7.54. The molecular formula is C19H24BrN. The van der Waals surface area contributed by atoms with E-state index < -0.39 is 0 Å². The molecule has 2 aromatic carbocycles. The summed E-state index contributed by atoms with van der Waals surface area (Å²) in [6, 6.07) is 13.3. The van der Waals surface area contributed by atoms with Gasteiger partial charge < -0.3 is 5.32 Å². The lowest BCUT2D eigenvalue weighted by Gasteiger charge is -2.13. The molecule has 0 amide bonds. The van der Waals surface area contributed by atoms with Gasteiger partial charge in [-0.1, -0.05) is 44.2 Å². The molecule has 0 aliphatic carbocycles. The van der Waals surface area contributed by atoms with Gasteiger partial charge in [-0.05, 0) is 70.4 Å². The lowest BCUT2D eigenvalue weighted by Crippen LogP contribution is -2.03. The van der Waals surface area contributed by atoms with Crippen molar-refractivity contribution in [3.8, 4) is 0 Å². The third kappa shape index (κ3) is 4.60. The molecule has 1 N–H and O–H groups in total. The molecule has 0 unspecified atom stereocenters. The Morgan fingerprint density at radius 2 is 1.62 bits per heavy atom. The first-order chi connectivity index (χ1) is 9.95. The summed E-state index contributed by atoms with van der Waals surface area (Å²) < 4.78 is 1.14. The second-order valence-corrected chi connectivity index (χ2v) is 7.06. The molecule has 0 saturated heterocycles. The quantitative estimate of drug-likeness (QED) is 0.713. The number of rotatable bonds is 5. The third-order valence-corrected chi connectivity index (χ3v) is 4.19. The number of benzene rings is 2. The lowest BCUT2D eigenvalue weighted by atomic mass is 10.0. The number of halogens is 1. The van der Waals surface area contributed by atoms with Crippen LogP contribution in [0.4, 0.5) is 5.69 Å². The fourth-order valence-corrected chi connectivity index (χ4v) is 3.41. The van der Waals surface area contributed by atoms with Gasteiger partial charge in [0, 0.05) is 11.0 Å². The molecule has 0 aliphatic heterocycles. The average Bonchev–Trinajstić information content (AvgIpc) is 2.38. The molecule has 2 aromatic rings. The summed E-state index contributed by atoms with van der Waals surface area (Å²) in [6.07, 6.45) is 1.15. The number of hydrogen-bond acceptors (Lipinski definition) is 1. The first-order valence-corrected chi connectivity index (χ1v) is 8.33. The Bertz CT molecular complexity index is 576. The first kappa shape index (κ1) is 16.1. The average molecular weight is 346 g/mol. The van der Waals surface area contributed by atoms with Crippen molar-refractivity contribution in [2.75, 3.05) is 5.32 Å². The van der Waals surface area contributed by atoms with Crippen LogP contribution < -0.4 is 5.32 Å². The molecule has 0 radical (unpaired) electrons. The Morgan fingerprint density at radius 3 is 2.19 bits per heavy atom. The molecule has 2 heteroatoms. The van der Waals surface area contributed by atoms with Gasteiger partial charge >= 0.3 is 0 Å². The number of aryl methyl sites for hydroxylation is 2. The summed E-state index contributed by atoms with van der Waals surface area (Å²) in [5.41, 5.74) is 6.48. The minimum atomic E-state index is 0.708. The number of anilines is 1. The largest absolute Gasteiger partial charge is 0.380 e. The molecular weight excluding hydrogens is 322 g/mol. The molecule has 0 atom stereocenters. The molecule has 0 fully saturated rings. The standard InChI is InChI=1S/C19H24BrN/c1-13(2)9-16-5-7-17(8-6-16)12-21-19-15(4)10-14(3)11-18(19)20/h5-8,10-11,13,21H,9,12H2,1-4H3. The van der Waals surface area contributed by atoms with E-state index in [9.17, 15) is 0 Å². The maximum atomic E-state index is 3.65. The number of hydrogen-bond donors (Lipinski definition) is 1. The van der Waals surface area contributed by atoms with Crippen molar-refractivity contribution in [2.24, 2.45) is 5.92 Å². The van der Waals surface area contributed by atoms with Crippen LogP contribution in [0, 0.1) is 19.8 Å². The third-order valence-electron chi connectivity index (χ3n) is 3.57. The van der Waals surface area contributed by atoms with Crippen LogP contribution in [-0.2, 0) is 13.0 Å². The maximum Gasteiger partial charge on any atom is 0.0517 e. The van der Waals surface area contributed by atoms with Gasteiger partial charge in [0.1, 0.15) is 0 Å². The molecule has 2 rings (SSSR count). The van der Waals surface area contributed by atoms with E-state index in [4.69, 9.17) is 0 Å². The van der Waals surface area contributed by atoms with Gasteiger partial charge in [0.05, 0.1) is 5.69 Å². The monoisotopic (exact) mass is 345 g/mol. The van der Waals surface area contributed by atoms with E-state index in [2.05, 4.69) is 85.3 Å². The predicted octanol–water partition coefficient (Wildman–Crippen LogP) is 5.88. The zero-order chi connectivity index (χ0) is 15.4. The Morgan fingerprint density at radius 1 is 1.00 bits per heavy atom. The van der Waals surface area contributed by atoms with Crippen molar-refractivity contribution in [3.05, 3.63) is 63.1 Å². The lowest BCUT2D eigenvalue weighted by molar-refractivity contribution is 0.647. The fourth-order valence-electron chi connectivity index (χ4n) is 2.59. The molecule has 0 bridgehead atoms. The SMILES string of the molecule is Cc1cc(C)c(NCc2ccc(CC(C)C)cc2)c(Br)c1. The van der Waals surface area contributed by atoms with E-state index in [1.807, 2.05) is 0 Å².